The highest BCUT2D eigenvalue weighted by Crippen LogP contribution is 2.14. The third kappa shape index (κ3) is 4.52. The van der Waals surface area contributed by atoms with Crippen LogP contribution in [0.1, 0.15) is 51.8 Å². The van der Waals surface area contributed by atoms with Crippen LogP contribution in [-0.2, 0) is 11.3 Å². The Morgan fingerprint density at radius 1 is 1.14 bits per heavy atom. The van der Waals surface area contributed by atoms with Crippen LogP contribution < -0.4 is 0 Å². The Kier molecular flexibility index (Phi) is 5.33. The van der Waals surface area contributed by atoms with Crippen LogP contribution in [0, 0.1) is 5.92 Å². The lowest BCUT2D eigenvalue weighted by Crippen LogP contribution is -2.48. The minimum atomic E-state index is 0.261. The molecule has 2 heterocycles. The SMILES string of the molecule is CC(C)CC(=O)N1CCN(Cc2nnc(C(C)C)o2)CC1. The van der Waals surface area contributed by atoms with E-state index in [9.17, 15) is 4.79 Å². The normalized spacial score (nSPS) is 17.0. The summed E-state index contributed by atoms with van der Waals surface area (Å²) in [5.74, 6) is 2.31. The van der Waals surface area contributed by atoms with Crippen molar-refractivity contribution < 1.29 is 9.21 Å². The Labute approximate surface area is 126 Å². The zero-order chi connectivity index (χ0) is 15.4. The molecule has 2 rings (SSSR count). The van der Waals surface area contributed by atoms with E-state index in [1.54, 1.807) is 0 Å². The minimum Gasteiger partial charge on any atom is -0.424 e. The van der Waals surface area contributed by atoms with Gasteiger partial charge >= 0.3 is 0 Å². The lowest BCUT2D eigenvalue weighted by Gasteiger charge is -2.34. The fourth-order valence-electron chi connectivity index (χ4n) is 2.39. The Morgan fingerprint density at radius 3 is 2.33 bits per heavy atom. The molecule has 0 N–H and O–H groups in total. The summed E-state index contributed by atoms with van der Waals surface area (Å²) >= 11 is 0. The maximum Gasteiger partial charge on any atom is 0.230 e. The molecule has 0 atom stereocenters. The largest absolute Gasteiger partial charge is 0.424 e. The molecule has 6 heteroatoms. The minimum absolute atomic E-state index is 0.261. The summed E-state index contributed by atoms with van der Waals surface area (Å²) in [4.78, 5) is 16.2. The van der Waals surface area contributed by atoms with Crippen molar-refractivity contribution in [3.63, 3.8) is 0 Å². The molecule has 118 valence electrons. The molecule has 1 amide bonds. The number of amides is 1. The highest BCUT2D eigenvalue weighted by molar-refractivity contribution is 5.76. The van der Waals surface area contributed by atoms with Crippen LogP contribution in [-0.4, -0.2) is 52.1 Å². The third-order valence-corrected chi connectivity index (χ3v) is 3.64. The molecule has 1 aliphatic rings. The van der Waals surface area contributed by atoms with E-state index in [1.165, 1.54) is 0 Å². The number of piperazine rings is 1. The van der Waals surface area contributed by atoms with E-state index in [4.69, 9.17) is 4.42 Å². The van der Waals surface area contributed by atoms with E-state index in [1.807, 2.05) is 18.7 Å². The van der Waals surface area contributed by atoms with Gasteiger partial charge in [-0.1, -0.05) is 27.7 Å². The third-order valence-electron chi connectivity index (χ3n) is 3.64. The van der Waals surface area contributed by atoms with Gasteiger partial charge in [-0.05, 0) is 5.92 Å². The van der Waals surface area contributed by atoms with Crippen molar-refractivity contribution in [2.75, 3.05) is 26.2 Å². The van der Waals surface area contributed by atoms with Crippen molar-refractivity contribution >= 4 is 5.91 Å². The van der Waals surface area contributed by atoms with Gasteiger partial charge in [0.25, 0.3) is 0 Å². The van der Waals surface area contributed by atoms with Gasteiger partial charge in [0.2, 0.25) is 17.7 Å². The second kappa shape index (κ2) is 7.02. The van der Waals surface area contributed by atoms with Crippen molar-refractivity contribution in [3.8, 4) is 0 Å². The number of rotatable bonds is 5. The van der Waals surface area contributed by atoms with Crippen LogP contribution in [0.4, 0.5) is 0 Å². The van der Waals surface area contributed by atoms with Crippen molar-refractivity contribution in [2.24, 2.45) is 5.92 Å². The number of carbonyl (C=O) groups excluding carboxylic acids is 1. The summed E-state index contributed by atoms with van der Waals surface area (Å²) in [5.41, 5.74) is 0. The van der Waals surface area contributed by atoms with Gasteiger partial charge in [-0.15, -0.1) is 10.2 Å². The van der Waals surface area contributed by atoms with Gasteiger partial charge in [0.05, 0.1) is 6.54 Å². The smallest absolute Gasteiger partial charge is 0.230 e. The first kappa shape index (κ1) is 15.9. The van der Waals surface area contributed by atoms with Crippen molar-refractivity contribution in [3.05, 3.63) is 11.8 Å². The van der Waals surface area contributed by atoms with Gasteiger partial charge < -0.3 is 9.32 Å². The number of carbonyl (C=O) groups is 1. The summed E-state index contributed by atoms with van der Waals surface area (Å²) in [6.45, 7) is 12.2. The first-order valence-electron chi connectivity index (χ1n) is 7.78. The van der Waals surface area contributed by atoms with Crippen LogP contribution >= 0.6 is 0 Å². The van der Waals surface area contributed by atoms with Crippen LogP contribution in [0.15, 0.2) is 4.42 Å². The molecule has 1 aliphatic heterocycles. The zero-order valence-electron chi connectivity index (χ0n) is 13.5. The topological polar surface area (TPSA) is 62.5 Å². The van der Waals surface area contributed by atoms with Crippen LogP contribution in [0.5, 0.6) is 0 Å². The monoisotopic (exact) mass is 294 g/mol. The molecule has 0 bridgehead atoms. The second-order valence-electron chi connectivity index (χ2n) is 6.44. The van der Waals surface area contributed by atoms with E-state index < -0.39 is 0 Å². The number of hydrogen-bond acceptors (Lipinski definition) is 5. The highest BCUT2D eigenvalue weighted by atomic mass is 16.4. The Balaban J connectivity index is 1.79. The molecule has 1 aromatic heterocycles. The summed E-state index contributed by atoms with van der Waals surface area (Å²) in [6.07, 6.45) is 0.640. The number of nitrogens with zero attached hydrogens (tertiary/aromatic N) is 4. The second-order valence-corrected chi connectivity index (χ2v) is 6.44. The zero-order valence-corrected chi connectivity index (χ0v) is 13.5. The van der Waals surface area contributed by atoms with Crippen LogP contribution in [0.2, 0.25) is 0 Å². The molecule has 0 aromatic carbocycles. The van der Waals surface area contributed by atoms with Gasteiger partial charge in [-0.3, -0.25) is 9.69 Å². The van der Waals surface area contributed by atoms with Gasteiger partial charge in [0.15, 0.2) is 0 Å². The molecule has 0 spiro atoms. The molecule has 0 saturated carbocycles. The predicted octanol–water partition coefficient (Wildman–Crippen LogP) is 1.88. The van der Waals surface area contributed by atoms with E-state index in [0.717, 1.165) is 26.2 Å². The van der Waals surface area contributed by atoms with Crippen molar-refractivity contribution in [2.45, 2.75) is 46.6 Å². The summed E-state index contributed by atoms with van der Waals surface area (Å²) < 4.78 is 5.63. The molecule has 1 saturated heterocycles. The van der Waals surface area contributed by atoms with Crippen LogP contribution in [0.25, 0.3) is 0 Å². The van der Waals surface area contributed by atoms with E-state index in [-0.39, 0.29) is 11.8 Å². The molecule has 0 unspecified atom stereocenters. The fraction of sp³-hybridized carbons (Fsp3) is 0.800. The highest BCUT2D eigenvalue weighted by Gasteiger charge is 2.22. The molecule has 0 radical (unpaired) electrons. The van der Waals surface area contributed by atoms with E-state index in [2.05, 4.69) is 28.9 Å². The summed E-state index contributed by atoms with van der Waals surface area (Å²) in [5, 5.41) is 8.14. The molecule has 1 fully saturated rings. The standard InChI is InChI=1S/C15H26N4O2/c1-11(2)9-14(20)19-7-5-18(6-8-19)10-13-16-17-15(21-13)12(3)4/h11-12H,5-10H2,1-4H3. The Bertz CT molecular complexity index is 462. The van der Waals surface area contributed by atoms with Gasteiger partial charge in [0, 0.05) is 38.5 Å². The molecule has 0 aliphatic carbocycles. The van der Waals surface area contributed by atoms with E-state index >= 15 is 0 Å². The maximum absolute atomic E-state index is 12.0. The Morgan fingerprint density at radius 2 is 1.81 bits per heavy atom. The van der Waals surface area contributed by atoms with Crippen molar-refractivity contribution in [1.29, 1.82) is 0 Å². The molecular formula is C15H26N4O2. The van der Waals surface area contributed by atoms with Crippen LogP contribution in [0.3, 0.4) is 0 Å². The fourth-order valence-corrected chi connectivity index (χ4v) is 2.39. The first-order chi connectivity index (χ1) is 9.95. The molecule has 21 heavy (non-hydrogen) atoms. The maximum atomic E-state index is 12.0. The molecule has 1 aromatic rings. The quantitative estimate of drug-likeness (QED) is 0.830. The average Bonchev–Trinajstić information content (AvgIpc) is 2.87. The number of hydrogen-bond donors (Lipinski definition) is 0. The van der Waals surface area contributed by atoms with E-state index in [0.29, 0.717) is 30.7 Å². The van der Waals surface area contributed by atoms with Gasteiger partial charge in [0.1, 0.15) is 0 Å². The van der Waals surface area contributed by atoms with Gasteiger partial charge in [-0.2, -0.15) is 0 Å². The number of aromatic nitrogens is 2. The Hall–Kier alpha value is -1.43. The predicted molar refractivity (Wildman–Crippen MR) is 79.7 cm³/mol. The van der Waals surface area contributed by atoms with Gasteiger partial charge in [-0.25, -0.2) is 0 Å². The first-order valence-corrected chi connectivity index (χ1v) is 7.78. The lowest BCUT2D eigenvalue weighted by molar-refractivity contribution is -0.133. The summed E-state index contributed by atoms with van der Waals surface area (Å²) in [7, 11) is 0. The van der Waals surface area contributed by atoms with Crippen molar-refractivity contribution in [1.82, 2.24) is 20.0 Å². The summed E-state index contributed by atoms with van der Waals surface area (Å²) in [6, 6.07) is 0. The average molecular weight is 294 g/mol. The molecule has 6 nitrogen and oxygen atoms in total. The lowest BCUT2D eigenvalue weighted by atomic mass is 10.1. The molecular weight excluding hydrogens is 268 g/mol.